The van der Waals surface area contributed by atoms with E-state index < -0.39 is 17.2 Å². The van der Waals surface area contributed by atoms with Gasteiger partial charge in [0.2, 0.25) is 5.43 Å². The van der Waals surface area contributed by atoms with E-state index in [1.807, 2.05) is 16.5 Å². The molecule has 2 fully saturated rings. The maximum atomic E-state index is 15.2. The van der Waals surface area contributed by atoms with Crippen molar-refractivity contribution < 1.29 is 13.9 Å². The van der Waals surface area contributed by atoms with Crippen LogP contribution in [0.5, 0.6) is 0 Å². The summed E-state index contributed by atoms with van der Waals surface area (Å²) in [6.07, 6.45) is 8.81. The van der Waals surface area contributed by atoms with Crippen molar-refractivity contribution >= 4 is 22.8 Å². The lowest BCUT2D eigenvalue weighted by molar-refractivity contribution is 0.0524. The third kappa shape index (κ3) is 3.43. The van der Waals surface area contributed by atoms with Crippen molar-refractivity contribution in [1.82, 2.24) is 14.9 Å². The zero-order chi connectivity index (χ0) is 21.7. The van der Waals surface area contributed by atoms with E-state index in [1.165, 1.54) is 6.07 Å². The van der Waals surface area contributed by atoms with E-state index in [-0.39, 0.29) is 29.4 Å². The monoisotopic (exact) mass is 426 g/mol. The molecule has 7 nitrogen and oxygen atoms in total. The van der Waals surface area contributed by atoms with Crippen LogP contribution in [0.3, 0.4) is 0 Å². The number of hydrogen-bond acceptors (Lipinski definition) is 6. The van der Waals surface area contributed by atoms with E-state index in [2.05, 4.69) is 22.5 Å². The molecule has 3 atom stereocenters. The molecule has 1 saturated heterocycles. The van der Waals surface area contributed by atoms with Crippen LogP contribution in [0, 0.1) is 17.7 Å². The Morgan fingerprint density at radius 3 is 2.87 bits per heavy atom. The standard InChI is InChI=1S/C23H27FN4O3/c1-3-31-23(30)17-12-28(14-7-8-14)21-15(20(17)29)9-18(24)22(26-21)27-10-13-5-4-6-19(25-2)16(13)11-27/h4-5,9,12-14,16,19,25H,3,6-8,10-11H2,1-2H3. The zero-order valence-corrected chi connectivity index (χ0v) is 17.8. The van der Waals surface area contributed by atoms with Crippen LogP contribution in [-0.4, -0.2) is 48.3 Å². The minimum Gasteiger partial charge on any atom is -0.462 e. The Balaban J connectivity index is 1.59. The van der Waals surface area contributed by atoms with E-state index in [0.29, 0.717) is 36.6 Å². The molecule has 0 spiro atoms. The fourth-order valence-electron chi connectivity index (χ4n) is 5.01. The second-order valence-corrected chi connectivity index (χ2v) is 8.69. The third-order valence-corrected chi connectivity index (χ3v) is 6.75. The van der Waals surface area contributed by atoms with Crippen molar-refractivity contribution in [2.24, 2.45) is 11.8 Å². The quantitative estimate of drug-likeness (QED) is 0.585. The number of nitrogens with zero attached hydrogens (tertiary/aromatic N) is 3. The highest BCUT2D eigenvalue weighted by Crippen LogP contribution is 2.39. The van der Waals surface area contributed by atoms with Gasteiger partial charge in [-0.2, -0.15) is 0 Å². The SMILES string of the molecule is CCOC(=O)c1cn(C2CC2)c2nc(N3CC4C=CCC(NC)C4C3)c(F)cc2c1=O. The van der Waals surface area contributed by atoms with Gasteiger partial charge in [0.1, 0.15) is 11.2 Å². The largest absolute Gasteiger partial charge is 0.462 e. The molecule has 0 radical (unpaired) electrons. The molecule has 0 bridgehead atoms. The summed E-state index contributed by atoms with van der Waals surface area (Å²) in [6, 6.07) is 1.77. The van der Waals surface area contributed by atoms with Crippen molar-refractivity contribution in [3.05, 3.63) is 46.0 Å². The molecule has 5 rings (SSSR count). The molecule has 31 heavy (non-hydrogen) atoms. The molecule has 0 amide bonds. The average molecular weight is 426 g/mol. The lowest BCUT2D eigenvalue weighted by Gasteiger charge is -2.28. The molecular formula is C23H27FN4O3. The molecule has 3 unspecified atom stereocenters. The van der Waals surface area contributed by atoms with E-state index >= 15 is 4.39 Å². The Bertz CT molecular complexity index is 1120. The predicted molar refractivity (Wildman–Crippen MR) is 116 cm³/mol. The van der Waals surface area contributed by atoms with Gasteiger partial charge < -0.3 is 19.5 Å². The molecule has 164 valence electrons. The Morgan fingerprint density at radius 2 is 2.16 bits per heavy atom. The number of anilines is 1. The number of carbonyl (C=O) groups is 1. The first-order valence-corrected chi connectivity index (χ1v) is 11.0. The summed E-state index contributed by atoms with van der Waals surface area (Å²) in [6.45, 7) is 3.27. The van der Waals surface area contributed by atoms with Crippen LogP contribution in [0.25, 0.3) is 11.0 Å². The number of halogens is 1. The predicted octanol–water partition coefficient (Wildman–Crippen LogP) is 2.65. The second kappa shape index (κ2) is 7.75. The number of esters is 1. The van der Waals surface area contributed by atoms with Gasteiger partial charge >= 0.3 is 5.97 Å². The minimum absolute atomic E-state index is 0.0654. The summed E-state index contributed by atoms with van der Waals surface area (Å²) in [5.41, 5.74) is -0.159. The van der Waals surface area contributed by atoms with E-state index in [1.54, 1.807) is 13.1 Å². The minimum atomic E-state index is -0.679. The van der Waals surface area contributed by atoms with Crippen LogP contribution >= 0.6 is 0 Å². The second-order valence-electron chi connectivity index (χ2n) is 8.69. The number of nitrogens with one attached hydrogen (secondary N) is 1. The van der Waals surface area contributed by atoms with Crippen molar-refractivity contribution in [3.63, 3.8) is 0 Å². The molecule has 2 aromatic rings. The highest BCUT2D eigenvalue weighted by Gasteiger charge is 2.39. The molecular weight excluding hydrogens is 399 g/mol. The molecule has 1 N–H and O–H groups in total. The Morgan fingerprint density at radius 1 is 1.35 bits per heavy atom. The van der Waals surface area contributed by atoms with Gasteiger partial charge in [0.15, 0.2) is 11.6 Å². The molecule has 0 aromatic carbocycles. The fraction of sp³-hybridized carbons (Fsp3) is 0.522. The van der Waals surface area contributed by atoms with Gasteiger partial charge in [-0.15, -0.1) is 0 Å². The van der Waals surface area contributed by atoms with E-state index in [4.69, 9.17) is 4.74 Å². The summed E-state index contributed by atoms with van der Waals surface area (Å²) < 4.78 is 22.1. The molecule has 1 saturated carbocycles. The summed E-state index contributed by atoms with van der Waals surface area (Å²) in [7, 11) is 1.97. The molecule has 2 aromatic heterocycles. The summed E-state index contributed by atoms with van der Waals surface area (Å²) >= 11 is 0. The van der Waals surface area contributed by atoms with Crippen molar-refractivity contribution in [2.75, 3.05) is 31.6 Å². The topological polar surface area (TPSA) is 76.5 Å². The van der Waals surface area contributed by atoms with Crippen LogP contribution in [0.15, 0.2) is 29.2 Å². The van der Waals surface area contributed by atoms with Gasteiger partial charge in [0, 0.05) is 37.3 Å². The van der Waals surface area contributed by atoms with Crippen molar-refractivity contribution in [3.8, 4) is 0 Å². The smallest absolute Gasteiger partial charge is 0.343 e. The normalized spacial score (nSPS) is 25.1. The third-order valence-electron chi connectivity index (χ3n) is 6.75. The molecule has 3 aliphatic rings. The number of aromatic nitrogens is 2. The lowest BCUT2D eigenvalue weighted by Crippen LogP contribution is -2.39. The molecule has 3 heterocycles. The lowest BCUT2D eigenvalue weighted by atomic mass is 9.83. The van der Waals surface area contributed by atoms with Crippen molar-refractivity contribution in [1.29, 1.82) is 0 Å². The molecule has 8 heteroatoms. The number of carbonyl (C=O) groups excluding carboxylic acids is 1. The summed E-state index contributed by atoms with van der Waals surface area (Å²) in [5.74, 6) is -0.190. The van der Waals surface area contributed by atoms with Crippen LogP contribution in [0.1, 0.15) is 42.6 Å². The Labute approximate surface area is 179 Å². The Kier molecular flexibility index (Phi) is 5.04. The van der Waals surface area contributed by atoms with Crippen LogP contribution < -0.4 is 15.6 Å². The number of pyridine rings is 2. The fourth-order valence-corrected chi connectivity index (χ4v) is 5.01. The number of rotatable bonds is 5. The van der Waals surface area contributed by atoms with Gasteiger partial charge in [-0.3, -0.25) is 4.79 Å². The molecule has 1 aliphatic heterocycles. The van der Waals surface area contributed by atoms with E-state index in [9.17, 15) is 9.59 Å². The summed E-state index contributed by atoms with van der Waals surface area (Å²) in [5, 5.41) is 3.51. The first-order valence-electron chi connectivity index (χ1n) is 11.0. The maximum absolute atomic E-state index is 15.2. The van der Waals surface area contributed by atoms with Crippen molar-refractivity contribution in [2.45, 2.75) is 38.3 Å². The van der Waals surface area contributed by atoms with Gasteiger partial charge in [-0.05, 0) is 45.2 Å². The number of ether oxygens (including phenoxy) is 1. The maximum Gasteiger partial charge on any atom is 0.343 e. The van der Waals surface area contributed by atoms with Gasteiger partial charge in [0.25, 0.3) is 0 Å². The first kappa shape index (κ1) is 20.2. The molecule has 2 aliphatic carbocycles. The number of hydrogen-bond donors (Lipinski definition) is 1. The highest BCUT2D eigenvalue weighted by molar-refractivity contribution is 5.93. The van der Waals surface area contributed by atoms with E-state index in [0.717, 1.165) is 19.3 Å². The van der Waals surface area contributed by atoms with Crippen LogP contribution in [0.2, 0.25) is 0 Å². The summed E-state index contributed by atoms with van der Waals surface area (Å²) in [4.78, 5) is 31.9. The van der Waals surface area contributed by atoms with Crippen LogP contribution in [-0.2, 0) is 4.74 Å². The average Bonchev–Trinajstić information content (AvgIpc) is 3.51. The number of fused-ring (bicyclic) bond motifs is 2. The van der Waals surface area contributed by atoms with Gasteiger partial charge in [-0.25, -0.2) is 14.2 Å². The highest BCUT2D eigenvalue weighted by atomic mass is 19.1. The Hall–Kier alpha value is -2.74. The van der Waals surface area contributed by atoms with Gasteiger partial charge in [-0.1, -0.05) is 12.2 Å². The van der Waals surface area contributed by atoms with Gasteiger partial charge in [0.05, 0.1) is 12.0 Å². The first-order chi connectivity index (χ1) is 15.0. The van der Waals surface area contributed by atoms with Crippen LogP contribution in [0.4, 0.5) is 10.2 Å². The zero-order valence-electron chi connectivity index (χ0n) is 17.8.